The lowest BCUT2D eigenvalue weighted by atomic mass is 9.45. The van der Waals surface area contributed by atoms with Crippen molar-refractivity contribution in [3.63, 3.8) is 0 Å². The smallest absolute Gasteiger partial charge is 0.305 e. The van der Waals surface area contributed by atoms with Crippen LogP contribution in [0.2, 0.25) is 0 Å². The molecule has 3 nitrogen and oxygen atoms in total. The van der Waals surface area contributed by atoms with Gasteiger partial charge >= 0.3 is 5.97 Å². The molecule has 0 heterocycles. The normalized spacial score (nSPS) is 39.8. The zero-order chi connectivity index (χ0) is 18.2. The van der Waals surface area contributed by atoms with Crippen molar-refractivity contribution in [3.8, 4) is 0 Å². The first-order valence-corrected chi connectivity index (χ1v) is 9.82. The zero-order valence-corrected chi connectivity index (χ0v) is 16.7. The number of fused-ring (bicyclic) bond motifs is 1. The van der Waals surface area contributed by atoms with Gasteiger partial charge < -0.3 is 9.84 Å². The molecule has 0 aromatic carbocycles. The molecule has 24 heavy (non-hydrogen) atoms. The summed E-state index contributed by atoms with van der Waals surface area (Å²) in [4.78, 5) is 11.5. The molecule has 0 spiro atoms. The molecule has 0 saturated heterocycles. The average Bonchev–Trinajstić information content (AvgIpc) is 2.44. The van der Waals surface area contributed by atoms with Gasteiger partial charge in [-0.05, 0) is 74.0 Å². The molecule has 0 aliphatic heterocycles. The van der Waals surface area contributed by atoms with E-state index in [1.165, 1.54) is 26.4 Å². The highest BCUT2D eigenvalue weighted by molar-refractivity contribution is 5.69. The van der Waals surface area contributed by atoms with Gasteiger partial charge in [-0.25, -0.2) is 0 Å². The van der Waals surface area contributed by atoms with Crippen molar-refractivity contribution in [1.29, 1.82) is 0 Å². The van der Waals surface area contributed by atoms with Gasteiger partial charge in [-0.15, -0.1) is 0 Å². The van der Waals surface area contributed by atoms with E-state index >= 15 is 0 Å². The lowest BCUT2D eigenvalue weighted by Crippen LogP contribution is -2.57. The van der Waals surface area contributed by atoms with Crippen molar-refractivity contribution < 1.29 is 14.6 Å². The molecule has 5 atom stereocenters. The Hall–Kier alpha value is -0.570. The molecule has 0 unspecified atom stereocenters. The third-order valence-corrected chi connectivity index (χ3v) is 7.45. The predicted octanol–water partition coefficient (Wildman–Crippen LogP) is 4.96. The molecule has 2 saturated carbocycles. The van der Waals surface area contributed by atoms with Gasteiger partial charge in [0.25, 0.3) is 0 Å². The fourth-order valence-corrected chi connectivity index (χ4v) is 6.19. The van der Waals surface area contributed by atoms with Crippen LogP contribution in [0, 0.1) is 28.6 Å². The molecule has 0 aromatic rings. The molecule has 0 radical (unpaired) electrons. The second-order valence-electron chi connectivity index (χ2n) is 9.81. The van der Waals surface area contributed by atoms with E-state index in [1.807, 2.05) is 6.92 Å². The molecule has 3 heteroatoms. The molecule has 140 valence electrons. The largest absolute Gasteiger partial charge is 0.469 e. The zero-order valence-electron chi connectivity index (χ0n) is 16.7. The van der Waals surface area contributed by atoms with Crippen LogP contribution in [0.3, 0.4) is 0 Å². The maximum Gasteiger partial charge on any atom is 0.305 e. The number of carbonyl (C=O) groups is 1. The molecule has 0 amide bonds. The first-order chi connectivity index (χ1) is 11.0. The Morgan fingerprint density at radius 2 is 1.88 bits per heavy atom. The molecule has 2 rings (SSSR count). The fourth-order valence-electron chi connectivity index (χ4n) is 6.19. The summed E-state index contributed by atoms with van der Waals surface area (Å²) in [7, 11) is 1.46. The van der Waals surface area contributed by atoms with E-state index in [1.54, 1.807) is 0 Å². The molecule has 2 aliphatic rings. The third-order valence-electron chi connectivity index (χ3n) is 7.45. The summed E-state index contributed by atoms with van der Waals surface area (Å²) in [6.45, 7) is 11.4. The van der Waals surface area contributed by atoms with E-state index in [9.17, 15) is 9.90 Å². The Labute approximate surface area is 148 Å². The molecule has 2 fully saturated rings. The van der Waals surface area contributed by atoms with Crippen LogP contribution in [-0.2, 0) is 9.53 Å². The van der Waals surface area contributed by atoms with E-state index in [4.69, 9.17) is 4.74 Å². The van der Waals surface area contributed by atoms with Gasteiger partial charge in [-0.3, -0.25) is 4.79 Å². The number of hydrogen-bond acceptors (Lipinski definition) is 3. The lowest BCUT2D eigenvalue weighted by Gasteiger charge is -2.61. The predicted molar refractivity (Wildman–Crippen MR) is 97.6 cm³/mol. The van der Waals surface area contributed by atoms with Crippen LogP contribution < -0.4 is 0 Å². The SMILES string of the molecule is COC(=O)C[C@@H](C)CC[C@@H]1[C@@]2(C)CCCC(C)(C)[C@@H]2CC[C@@]1(C)O. The molecule has 0 aromatic heterocycles. The van der Waals surface area contributed by atoms with E-state index < -0.39 is 5.60 Å². The number of carbonyl (C=O) groups excluding carboxylic acids is 1. The molecule has 2 aliphatic carbocycles. The summed E-state index contributed by atoms with van der Waals surface area (Å²) in [5.41, 5.74) is 0.0114. The third kappa shape index (κ3) is 3.81. The van der Waals surface area contributed by atoms with Gasteiger partial charge in [0, 0.05) is 6.42 Å². The minimum atomic E-state index is -0.580. The topological polar surface area (TPSA) is 46.5 Å². The van der Waals surface area contributed by atoms with Crippen LogP contribution in [0.5, 0.6) is 0 Å². The van der Waals surface area contributed by atoms with Crippen LogP contribution in [0.15, 0.2) is 0 Å². The van der Waals surface area contributed by atoms with Gasteiger partial charge in [-0.1, -0.05) is 34.1 Å². The number of ether oxygens (including phenoxy) is 1. The number of hydrogen-bond donors (Lipinski definition) is 1. The minimum absolute atomic E-state index is 0.124. The van der Waals surface area contributed by atoms with Crippen molar-refractivity contribution in [2.45, 2.75) is 91.6 Å². The Morgan fingerprint density at radius 1 is 1.21 bits per heavy atom. The Kier molecular flexibility index (Phi) is 5.74. The summed E-state index contributed by atoms with van der Waals surface area (Å²) in [6.07, 6.45) is 8.33. The second kappa shape index (κ2) is 6.97. The summed E-state index contributed by atoms with van der Waals surface area (Å²) in [5.74, 6) is 1.21. The number of aliphatic hydroxyl groups is 1. The van der Waals surface area contributed by atoms with E-state index in [2.05, 4.69) is 27.7 Å². The van der Waals surface area contributed by atoms with Crippen molar-refractivity contribution in [3.05, 3.63) is 0 Å². The summed E-state index contributed by atoms with van der Waals surface area (Å²) >= 11 is 0. The highest BCUT2D eigenvalue weighted by Gasteiger charge is 2.57. The van der Waals surface area contributed by atoms with Gasteiger partial charge in [0.05, 0.1) is 12.7 Å². The first kappa shape index (κ1) is 19.8. The molecular weight excluding hydrogens is 300 g/mol. The van der Waals surface area contributed by atoms with Crippen molar-refractivity contribution in [1.82, 2.24) is 0 Å². The van der Waals surface area contributed by atoms with Crippen LogP contribution in [0.4, 0.5) is 0 Å². The quantitative estimate of drug-likeness (QED) is 0.721. The highest BCUT2D eigenvalue weighted by Crippen LogP contribution is 2.63. The fraction of sp³-hybridized carbons (Fsp3) is 0.952. The van der Waals surface area contributed by atoms with Gasteiger partial charge in [0.2, 0.25) is 0 Å². The van der Waals surface area contributed by atoms with E-state index in [0.717, 1.165) is 25.7 Å². The van der Waals surface area contributed by atoms with Crippen LogP contribution in [-0.4, -0.2) is 23.8 Å². The van der Waals surface area contributed by atoms with Gasteiger partial charge in [0.1, 0.15) is 0 Å². The van der Waals surface area contributed by atoms with Crippen LogP contribution in [0.25, 0.3) is 0 Å². The number of rotatable bonds is 5. The highest BCUT2D eigenvalue weighted by atomic mass is 16.5. The second-order valence-corrected chi connectivity index (χ2v) is 9.81. The maximum absolute atomic E-state index is 11.5. The Bertz CT molecular complexity index is 454. The number of methoxy groups -OCH3 is 1. The molecular formula is C21H38O3. The average molecular weight is 339 g/mol. The van der Waals surface area contributed by atoms with E-state index in [-0.39, 0.29) is 11.4 Å². The van der Waals surface area contributed by atoms with E-state index in [0.29, 0.717) is 29.6 Å². The van der Waals surface area contributed by atoms with Gasteiger partial charge in [-0.2, -0.15) is 0 Å². The maximum atomic E-state index is 11.5. The Balaban J connectivity index is 2.13. The van der Waals surface area contributed by atoms with Crippen molar-refractivity contribution in [2.75, 3.05) is 7.11 Å². The summed E-state index contributed by atoms with van der Waals surface area (Å²) < 4.78 is 4.80. The van der Waals surface area contributed by atoms with Gasteiger partial charge in [0.15, 0.2) is 0 Å². The number of esters is 1. The monoisotopic (exact) mass is 338 g/mol. The van der Waals surface area contributed by atoms with Crippen LogP contribution in [0.1, 0.15) is 86.0 Å². The minimum Gasteiger partial charge on any atom is -0.469 e. The first-order valence-electron chi connectivity index (χ1n) is 9.82. The summed E-state index contributed by atoms with van der Waals surface area (Å²) in [5, 5.41) is 11.2. The molecule has 1 N–H and O–H groups in total. The van der Waals surface area contributed by atoms with Crippen molar-refractivity contribution >= 4 is 5.97 Å². The Morgan fingerprint density at radius 3 is 2.50 bits per heavy atom. The molecule has 0 bridgehead atoms. The van der Waals surface area contributed by atoms with Crippen LogP contribution >= 0.6 is 0 Å². The lowest BCUT2D eigenvalue weighted by molar-refractivity contribution is -0.170. The summed E-state index contributed by atoms with van der Waals surface area (Å²) in [6, 6.07) is 0. The standard InChI is InChI=1S/C21H38O3/c1-15(14-18(22)24-6)8-9-17-20(4)12-7-11-19(2,3)16(20)10-13-21(17,5)23/h15-17,23H,7-14H2,1-6H3/t15-,16-,17+,20-,21+/m0/s1. The van der Waals surface area contributed by atoms with Crippen molar-refractivity contribution in [2.24, 2.45) is 28.6 Å².